The van der Waals surface area contributed by atoms with E-state index in [-0.39, 0.29) is 0 Å². The summed E-state index contributed by atoms with van der Waals surface area (Å²) in [5, 5.41) is 3.38. The molecule has 0 aliphatic carbocycles. The molecule has 0 spiro atoms. The van der Waals surface area contributed by atoms with E-state index in [1.165, 1.54) is 0 Å². The first kappa shape index (κ1) is 13.3. The molecular weight excluding hydrogens is 206 g/mol. The van der Waals surface area contributed by atoms with Crippen LogP contribution in [0, 0.1) is 0 Å². The van der Waals surface area contributed by atoms with Crippen molar-refractivity contribution in [3.63, 3.8) is 0 Å². The van der Waals surface area contributed by atoms with Crippen LogP contribution in [0.4, 0.5) is 4.79 Å². The van der Waals surface area contributed by atoms with Crippen molar-refractivity contribution in [1.82, 2.24) is 10.2 Å². The molecule has 94 valence electrons. The number of nitrogens with two attached hydrogens (primary N) is 1. The summed E-state index contributed by atoms with van der Waals surface area (Å²) in [6.45, 7) is 7.80. The first-order valence-electron chi connectivity index (χ1n) is 5.99. The number of amides is 1. The van der Waals surface area contributed by atoms with Gasteiger partial charge >= 0.3 is 6.09 Å². The summed E-state index contributed by atoms with van der Waals surface area (Å²) in [7, 11) is 0. The SMILES string of the molecule is CC(C)N1CCC(NCCOC(N)=O)CC1. The van der Waals surface area contributed by atoms with Gasteiger partial charge in [0.05, 0.1) is 0 Å². The summed E-state index contributed by atoms with van der Waals surface area (Å²) in [4.78, 5) is 12.8. The van der Waals surface area contributed by atoms with Crippen molar-refractivity contribution in [3.8, 4) is 0 Å². The number of primary amides is 1. The Labute approximate surface area is 97.3 Å². The summed E-state index contributed by atoms with van der Waals surface area (Å²) in [5.74, 6) is 0. The Hall–Kier alpha value is -0.810. The van der Waals surface area contributed by atoms with Crippen molar-refractivity contribution in [2.45, 2.75) is 38.8 Å². The monoisotopic (exact) mass is 229 g/mol. The van der Waals surface area contributed by atoms with Gasteiger partial charge in [-0.3, -0.25) is 0 Å². The van der Waals surface area contributed by atoms with Gasteiger partial charge in [-0.15, -0.1) is 0 Å². The van der Waals surface area contributed by atoms with E-state index in [1.54, 1.807) is 0 Å². The smallest absolute Gasteiger partial charge is 0.404 e. The Morgan fingerprint density at radius 1 is 1.50 bits per heavy atom. The highest BCUT2D eigenvalue weighted by Gasteiger charge is 2.19. The van der Waals surface area contributed by atoms with Crippen LogP contribution in [-0.2, 0) is 4.74 Å². The van der Waals surface area contributed by atoms with Crippen LogP contribution in [0.1, 0.15) is 26.7 Å². The molecule has 16 heavy (non-hydrogen) atoms. The van der Waals surface area contributed by atoms with Gasteiger partial charge < -0.3 is 20.7 Å². The zero-order valence-electron chi connectivity index (χ0n) is 10.2. The highest BCUT2D eigenvalue weighted by atomic mass is 16.5. The van der Waals surface area contributed by atoms with Gasteiger partial charge in [-0.25, -0.2) is 4.79 Å². The molecule has 0 aromatic rings. The quantitative estimate of drug-likeness (QED) is 0.675. The first-order valence-corrected chi connectivity index (χ1v) is 5.99. The van der Waals surface area contributed by atoms with Crippen LogP contribution < -0.4 is 11.1 Å². The maximum absolute atomic E-state index is 10.3. The highest BCUT2D eigenvalue weighted by molar-refractivity contribution is 5.64. The van der Waals surface area contributed by atoms with Crippen LogP contribution >= 0.6 is 0 Å². The lowest BCUT2D eigenvalue weighted by molar-refractivity contribution is 0.143. The Kier molecular flexibility index (Phi) is 5.55. The molecule has 1 heterocycles. The molecule has 1 fully saturated rings. The minimum Gasteiger partial charge on any atom is -0.448 e. The summed E-state index contributed by atoms with van der Waals surface area (Å²) in [6, 6.07) is 1.19. The van der Waals surface area contributed by atoms with Gasteiger partial charge in [0.25, 0.3) is 0 Å². The largest absolute Gasteiger partial charge is 0.448 e. The zero-order valence-corrected chi connectivity index (χ0v) is 10.2. The minimum atomic E-state index is -0.698. The van der Waals surface area contributed by atoms with E-state index < -0.39 is 6.09 Å². The number of likely N-dealkylation sites (tertiary alicyclic amines) is 1. The second-order valence-electron chi connectivity index (χ2n) is 4.53. The summed E-state index contributed by atoms with van der Waals surface area (Å²) in [6.07, 6.45) is 1.63. The fourth-order valence-corrected chi connectivity index (χ4v) is 2.03. The average Bonchev–Trinajstić information content (AvgIpc) is 2.25. The maximum Gasteiger partial charge on any atom is 0.404 e. The second-order valence-corrected chi connectivity index (χ2v) is 4.53. The van der Waals surface area contributed by atoms with Crippen molar-refractivity contribution in [2.75, 3.05) is 26.2 Å². The van der Waals surface area contributed by atoms with Crippen LogP contribution in [-0.4, -0.2) is 49.3 Å². The molecule has 0 atom stereocenters. The molecule has 1 rings (SSSR count). The van der Waals surface area contributed by atoms with E-state index in [2.05, 4.69) is 28.8 Å². The molecule has 1 aliphatic heterocycles. The van der Waals surface area contributed by atoms with Crippen molar-refractivity contribution in [1.29, 1.82) is 0 Å². The summed E-state index contributed by atoms with van der Waals surface area (Å²) in [5.41, 5.74) is 4.87. The summed E-state index contributed by atoms with van der Waals surface area (Å²) < 4.78 is 4.66. The van der Waals surface area contributed by atoms with Crippen LogP contribution in [0.2, 0.25) is 0 Å². The number of ether oxygens (including phenoxy) is 1. The number of rotatable bonds is 5. The van der Waals surface area contributed by atoms with Gasteiger partial charge in [0.15, 0.2) is 0 Å². The number of hydrogen-bond donors (Lipinski definition) is 2. The minimum absolute atomic E-state index is 0.361. The van der Waals surface area contributed by atoms with E-state index in [4.69, 9.17) is 5.73 Å². The molecule has 0 aromatic heterocycles. The Bertz CT molecular complexity index is 213. The molecule has 0 saturated carbocycles. The zero-order chi connectivity index (χ0) is 12.0. The van der Waals surface area contributed by atoms with E-state index in [0.29, 0.717) is 25.2 Å². The third-order valence-electron chi connectivity index (χ3n) is 3.04. The molecule has 5 heteroatoms. The normalized spacial score (nSPS) is 18.9. The first-order chi connectivity index (χ1) is 7.59. The van der Waals surface area contributed by atoms with Gasteiger partial charge in [0, 0.05) is 18.6 Å². The summed E-state index contributed by atoms with van der Waals surface area (Å²) >= 11 is 0. The topological polar surface area (TPSA) is 67.6 Å². The van der Waals surface area contributed by atoms with Crippen LogP contribution in [0.3, 0.4) is 0 Å². The van der Waals surface area contributed by atoms with Gasteiger partial charge in [0.1, 0.15) is 6.61 Å². The van der Waals surface area contributed by atoms with E-state index in [9.17, 15) is 4.79 Å². The molecule has 1 saturated heterocycles. The number of nitrogens with one attached hydrogen (secondary N) is 1. The van der Waals surface area contributed by atoms with Crippen molar-refractivity contribution >= 4 is 6.09 Å². The van der Waals surface area contributed by atoms with Gasteiger partial charge in [-0.2, -0.15) is 0 Å². The Morgan fingerprint density at radius 2 is 2.12 bits per heavy atom. The lowest BCUT2D eigenvalue weighted by Gasteiger charge is -2.34. The number of carbonyl (C=O) groups excluding carboxylic acids is 1. The molecule has 1 aliphatic rings. The Morgan fingerprint density at radius 3 is 2.62 bits per heavy atom. The fourth-order valence-electron chi connectivity index (χ4n) is 2.03. The number of hydrogen-bond acceptors (Lipinski definition) is 4. The molecule has 0 bridgehead atoms. The lowest BCUT2D eigenvalue weighted by Crippen LogP contribution is -2.45. The molecule has 0 radical (unpaired) electrons. The molecule has 5 nitrogen and oxygen atoms in total. The number of carbonyl (C=O) groups is 1. The lowest BCUT2D eigenvalue weighted by atomic mass is 10.0. The molecular formula is C11H23N3O2. The van der Waals surface area contributed by atoms with Crippen LogP contribution in [0.5, 0.6) is 0 Å². The van der Waals surface area contributed by atoms with Crippen molar-refractivity contribution in [3.05, 3.63) is 0 Å². The third-order valence-corrected chi connectivity index (χ3v) is 3.04. The average molecular weight is 229 g/mol. The molecule has 1 amide bonds. The fraction of sp³-hybridized carbons (Fsp3) is 0.909. The van der Waals surface area contributed by atoms with E-state index in [1.807, 2.05) is 0 Å². The predicted octanol–water partition coefficient (Wildman–Crippen LogP) is 0.544. The van der Waals surface area contributed by atoms with Crippen LogP contribution in [0.15, 0.2) is 0 Å². The van der Waals surface area contributed by atoms with E-state index >= 15 is 0 Å². The number of nitrogens with zero attached hydrogens (tertiary/aromatic N) is 1. The standard InChI is InChI=1S/C11H23N3O2/c1-9(2)14-6-3-10(4-7-14)13-5-8-16-11(12)15/h9-10,13H,3-8H2,1-2H3,(H2,12,15). The van der Waals surface area contributed by atoms with Gasteiger partial charge in [-0.05, 0) is 39.8 Å². The Balaban J connectivity index is 2.06. The van der Waals surface area contributed by atoms with Crippen molar-refractivity contribution in [2.24, 2.45) is 5.73 Å². The van der Waals surface area contributed by atoms with E-state index in [0.717, 1.165) is 25.9 Å². The highest BCUT2D eigenvalue weighted by Crippen LogP contribution is 2.12. The maximum atomic E-state index is 10.3. The molecule has 0 aromatic carbocycles. The molecule has 3 N–H and O–H groups in total. The van der Waals surface area contributed by atoms with Gasteiger partial charge in [0.2, 0.25) is 0 Å². The second kappa shape index (κ2) is 6.70. The molecule has 0 unspecified atom stereocenters. The predicted molar refractivity (Wildman–Crippen MR) is 63.3 cm³/mol. The third kappa shape index (κ3) is 4.81. The van der Waals surface area contributed by atoms with Gasteiger partial charge in [-0.1, -0.05) is 0 Å². The van der Waals surface area contributed by atoms with Crippen LogP contribution in [0.25, 0.3) is 0 Å². The number of piperidine rings is 1. The van der Waals surface area contributed by atoms with Crippen molar-refractivity contribution < 1.29 is 9.53 Å².